The summed E-state index contributed by atoms with van der Waals surface area (Å²) in [5.74, 6) is 3.55. The number of hydrogen-bond acceptors (Lipinski definition) is 13. The van der Waals surface area contributed by atoms with E-state index in [2.05, 4.69) is 22.1 Å². The molecule has 0 saturated carbocycles. The summed E-state index contributed by atoms with van der Waals surface area (Å²) in [6, 6.07) is 42.0. The number of rotatable bonds is 13. The normalized spacial score (nSPS) is 22.2. The van der Waals surface area contributed by atoms with E-state index in [-0.39, 0.29) is 43.4 Å². The largest absolute Gasteiger partial charge is 0.497 e. The smallest absolute Gasteiger partial charge is 0.421 e. The number of aliphatic hydroxyl groups is 1. The second-order valence-electron chi connectivity index (χ2n) is 18.0. The van der Waals surface area contributed by atoms with Gasteiger partial charge < -0.3 is 43.7 Å². The van der Waals surface area contributed by atoms with Crippen LogP contribution >= 0.6 is 0 Å². The van der Waals surface area contributed by atoms with Crippen molar-refractivity contribution in [1.29, 1.82) is 0 Å². The van der Waals surface area contributed by atoms with Crippen LogP contribution in [0.25, 0.3) is 0 Å². The first-order chi connectivity index (χ1) is 35.8. The van der Waals surface area contributed by atoms with Crippen LogP contribution in [0.1, 0.15) is 51.6 Å². The molecule has 6 atom stereocenters. The molecule has 4 aliphatic rings. The highest BCUT2D eigenvalue weighted by Gasteiger charge is 2.76. The Morgan fingerprint density at radius 2 is 1.42 bits per heavy atom. The van der Waals surface area contributed by atoms with Gasteiger partial charge in [-0.05, 0) is 89.5 Å². The minimum Gasteiger partial charge on any atom is -0.497 e. The zero-order valence-electron chi connectivity index (χ0n) is 40.3. The van der Waals surface area contributed by atoms with Crippen molar-refractivity contribution >= 4 is 40.9 Å². The molecule has 3 saturated heterocycles. The Balaban J connectivity index is 1.25. The maximum absolute atomic E-state index is 16.6. The van der Waals surface area contributed by atoms with Crippen molar-refractivity contribution < 1.29 is 52.7 Å². The molecule has 10 rings (SSSR count). The highest BCUT2D eigenvalue weighted by molar-refractivity contribution is 6.24. The minimum atomic E-state index is -2.13. The average Bonchev–Trinajstić information content (AvgIpc) is 3.92. The summed E-state index contributed by atoms with van der Waals surface area (Å²) >= 11 is 0. The summed E-state index contributed by atoms with van der Waals surface area (Å²) < 4.78 is 34.9. The summed E-state index contributed by atoms with van der Waals surface area (Å²) in [4.78, 5) is 68.1. The number of nitrogens with zero attached hydrogens (tertiary/aromatic N) is 3. The molecule has 2 N–H and O–H groups in total. The number of methoxy groups -OCH3 is 2. The van der Waals surface area contributed by atoms with Crippen molar-refractivity contribution in [3.63, 3.8) is 0 Å². The van der Waals surface area contributed by atoms with Gasteiger partial charge in [-0.15, -0.1) is 0 Å². The van der Waals surface area contributed by atoms with Gasteiger partial charge in [0.1, 0.15) is 42.3 Å². The molecule has 0 aromatic heterocycles. The molecule has 0 radical (unpaired) electrons. The number of aliphatic hydroxyl groups excluding tert-OH is 1. The van der Waals surface area contributed by atoms with Gasteiger partial charge in [-0.25, -0.2) is 9.69 Å². The molecule has 73 heavy (non-hydrogen) atoms. The molecule has 3 amide bonds. The summed E-state index contributed by atoms with van der Waals surface area (Å²) in [5, 5.41) is 13.3. The average molecular weight is 983 g/mol. The molecule has 15 nitrogen and oxygen atoms in total. The van der Waals surface area contributed by atoms with E-state index in [0.29, 0.717) is 60.0 Å². The van der Waals surface area contributed by atoms with E-state index in [1.807, 2.05) is 89.8 Å². The maximum Gasteiger partial charge on any atom is 0.421 e. The first kappa shape index (κ1) is 48.6. The lowest BCUT2D eigenvalue weighted by Gasteiger charge is -2.46. The first-order valence-electron chi connectivity index (χ1n) is 24.2. The van der Waals surface area contributed by atoms with Crippen molar-refractivity contribution in [2.75, 3.05) is 82.1 Å². The number of ether oxygens (including phenoxy) is 6. The Labute approximate surface area is 423 Å². The van der Waals surface area contributed by atoms with Crippen LogP contribution in [0, 0.1) is 17.8 Å². The molecule has 4 heterocycles. The highest BCUT2D eigenvalue weighted by Crippen LogP contribution is 2.67. The predicted octanol–water partition coefficient (Wildman–Crippen LogP) is 7.39. The molecule has 4 aliphatic heterocycles. The Hall–Kier alpha value is -8.00. The van der Waals surface area contributed by atoms with E-state index in [4.69, 9.17) is 28.4 Å². The number of anilines is 3. The molecule has 1 spiro atoms. The number of carbonyl (C=O) groups is 4. The van der Waals surface area contributed by atoms with Gasteiger partial charge >= 0.3 is 12.1 Å². The number of carbonyl (C=O) groups excluding carboxylic acids is 4. The zero-order chi connectivity index (χ0) is 50.5. The second kappa shape index (κ2) is 21.4. The number of morpholine rings is 2. The van der Waals surface area contributed by atoms with Gasteiger partial charge in [-0.3, -0.25) is 19.3 Å². The van der Waals surface area contributed by atoms with Gasteiger partial charge in [-0.2, -0.15) is 0 Å². The third-order valence-electron chi connectivity index (χ3n) is 14.0. The summed E-state index contributed by atoms with van der Waals surface area (Å²) in [5.41, 5.74) is 2.54. The van der Waals surface area contributed by atoms with Crippen LogP contribution in [-0.4, -0.2) is 107 Å². The van der Waals surface area contributed by atoms with Crippen LogP contribution in [0.4, 0.5) is 21.9 Å². The first-order valence-corrected chi connectivity index (χ1v) is 24.2. The number of nitrogens with one attached hydrogen (secondary N) is 1. The Bertz CT molecular complexity index is 3030. The molecule has 372 valence electrons. The number of fused-ring (bicyclic) bond motifs is 3. The second-order valence-corrected chi connectivity index (χ2v) is 18.0. The standard InChI is InChI=1S/C58H54N4O11/c1-68-35-36-72-57(67)61-47-28-21-39(18-17-38-19-26-44(69-2)27-20-38)37-46(47)58(56(61)66)49(54(64)59-42-22-24-43(25-23-42)60-29-32-70-33-30-60)51-55(65)73-52(41-13-7-4-8-14-41)50(40-11-5-3-6-12-40)62(51)53(58)45-15-9-10-16-48(45)71-34-31-63/h3-16,19-28,37,49-53,63H,29-36H2,1-2H3,(H,59,64)/t49-,50-,51-,52+,53+,58-/m1/s1. The van der Waals surface area contributed by atoms with E-state index >= 15 is 14.4 Å². The molecular weight excluding hydrogens is 929 g/mol. The van der Waals surface area contributed by atoms with Gasteiger partial charge in [0, 0.05) is 48.3 Å². The third-order valence-corrected chi connectivity index (χ3v) is 14.0. The van der Waals surface area contributed by atoms with Crippen molar-refractivity contribution in [3.8, 4) is 23.3 Å². The molecule has 6 aromatic rings. The number of esters is 1. The fourth-order valence-electron chi connectivity index (χ4n) is 10.8. The monoisotopic (exact) mass is 982 g/mol. The summed E-state index contributed by atoms with van der Waals surface area (Å²) in [7, 11) is 3.05. The van der Waals surface area contributed by atoms with Crippen LogP contribution in [0.5, 0.6) is 11.5 Å². The highest BCUT2D eigenvalue weighted by atomic mass is 16.6. The van der Waals surface area contributed by atoms with E-state index in [0.717, 1.165) is 16.2 Å². The fourth-order valence-corrected chi connectivity index (χ4v) is 10.8. The van der Waals surface area contributed by atoms with Gasteiger partial charge in [0.25, 0.3) is 0 Å². The van der Waals surface area contributed by atoms with E-state index in [9.17, 15) is 9.90 Å². The summed E-state index contributed by atoms with van der Waals surface area (Å²) in [6.07, 6.45) is -1.97. The molecule has 0 aliphatic carbocycles. The fraction of sp³-hybridized carbons (Fsp3) is 0.276. The Morgan fingerprint density at radius 1 is 0.753 bits per heavy atom. The van der Waals surface area contributed by atoms with Crippen molar-refractivity contribution in [2.24, 2.45) is 5.92 Å². The van der Waals surface area contributed by atoms with Crippen molar-refractivity contribution in [1.82, 2.24) is 4.90 Å². The van der Waals surface area contributed by atoms with E-state index in [1.165, 1.54) is 7.11 Å². The van der Waals surface area contributed by atoms with Crippen LogP contribution in [0.2, 0.25) is 0 Å². The molecule has 0 bridgehead atoms. The number of imide groups is 1. The van der Waals surface area contributed by atoms with Crippen LogP contribution in [0.3, 0.4) is 0 Å². The van der Waals surface area contributed by atoms with Gasteiger partial charge in [0.2, 0.25) is 11.8 Å². The SMILES string of the molecule is COCCOC(=O)N1C(=O)[C@@]2(c3cc(C#Cc4ccc(OC)cc4)ccc31)[C@H](c1ccccc1OCCO)N1[C@H](c3ccccc3)[C@H](c3ccccc3)OC(=O)[C@H]1[C@@H]2C(=O)Nc1ccc(N2CCOCC2)cc1. The van der Waals surface area contributed by atoms with Crippen molar-refractivity contribution in [2.45, 2.75) is 29.6 Å². The molecule has 3 fully saturated rings. The Kier molecular flexibility index (Phi) is 14.2. The van der Waals surface area contributed by atoms with Crippen LogP contribution in [-0.2, 0) is 38.7 Å². The van der Waals surface area contributed by atoms with Crippen LogP contribution < -0.4 is 24.6 Å². The number of hydrogen-bond donors (Lipinski definition) is 2. The van der Waals surface area contributed by atoms with Gasteiger partial charge in [0.05, 0.1) is 57.2 Å². The zero-order valence-corrected chi connectivity index (χ0v) is 40.3. The van der Waals surface area contributed by atoms with Crippen molar-refractivity contribution in [3.05, 3.63) is 185 Å². The third kappa shape index (κ3) is 9.15. The predicted molar refractivity (Wildman–Crippen MR) is 271 cm³/mol. The molecule has 0 unspecified atom stereocenters. The van der Waals surface area contributed by atoms with E-state index < -0.39 is 59.4 Å². The minimum absolute atomic E-state index is 0.0422. The lowest BCUT2D eigenvalue weighted by Crippen LogP contribution is -2.54. The lowest BCUT2D eigenvalue weighted by atomic mass is 9.65. The van der Waals surface area contributed by atoms with Gasteiger partial charge in [0.15, 0.2) is 0 Å². The Morgan fingerprint density at radius 3 is 2.12 bits per heavy atom. The van der Waals surface area contributed by atoms with Crippen LogP contribution in [0.15, 0.2) is 152 Å². The number of cyclic esters (lactones) is 1. The van der Waals surface area contributed by atoms with E-state index in [1.54, 1.807) is 73.8 Å². The molecule has 6 aromatic carbocycles. The quantitative estimate of drug-likeness (QED) is 0.0669. The molecular formula is C58H54N4O11. The number of benzene rings is 6. The number of para-hydroxylation sites is 1. The number of amides is 3. The topological polar surface area (TPSA) is 166 Å². The summed E-state index contributed by atoms with van der Waals surface area (Å²) in [6.45, 7) is 1.98. The maximum atomic E-state index is 16.6. The lowest BCUT2D eigenvalue weighted by molar-refractivity contribution is -0.177. The van der Waals surface area contributed by atoms with Gasteiger partial charge in [-0.1, -0.05) is 90.7 Å². The molecule has 15 heteroatoms.